The molecule has 0 spiro atoms. The maximum absolute atomic E-state index is 13.0. The fourth-order valence-corrected chi connectivity index (χ4v) is 2.11. The lowest BCUT2D eigenvalue weighted by atomic mass is 10.0. The maximum Gasteiger partial charge on any atom is 0.251 e. The number of nitrogens with one attached hydrogen (secondary N) is 1. The third-order valence-corrected chi connectivity index (χ3v) is 3.59. The summed E-state index contributed by atoms with van der Waals surface area (Å²) in [5, 5.41) is 12.5. The number of hydrogen-bond donors (Lipinski definition) is 2. The second-order valence-electron chi connectivity index (χ2n) is 5.38. The van der Waals surface area contributed by atoms with E-state index in [9.17, 15) is 14.3 Å². The summed E-state index contributed by atoms with van der Waals surface area (Å²) in [6.07, 6.45) is -0.882. The summed E-state index contributed by atoms with van der Waals surface area (Å²) < 4.78 is 18.3. The molecule has 0 saturated heterocycles. The molecular formula is C18H20FNO3. The average Bonchev–Trinajstić information content (AvgIpc) is 2.53. The Kier molecular flexibility index (Phi) is 5.71. The third-order valence-electron chi connectivity index (χ3n) is 3.59. The first-order valence-corrected chi connectivity index (χ1v) is 7.38. The largest absolute Gasteiger partial charge is 0.491 e. The van der Waals surface area contributed by atoms with Crippen LogP contribution < -0.4 is 10.1 Å². The van der Waals surface area contributed by atoms with Crippen LogP contribution in [0.2, 0.25) is 0 Å². The van der Waals surface area contributed by atoms with Gasteiger partial charge in [-0.15, -0.1) is 0 Å². The van der Waals surface area contributed by atoms with Gasteiger partial charge in [0, 0.05) is 18.2 Å². The van der Waals surface area contributed by atoms with Crippen molar-refractivity contribution in [3.8, 4) is 5.75 Å². The molecule has 1 atom stereocenters. The minimum Gasteiger partial charge on any atom is -0.491 e. The van der Waals surface area contributed by atoms with Crippen molar-refractivity contribution in [2.45, 2.75) is 20.0 Å². The van der Waals surface area contributed by atoms with Crippen LogP contribution in [0.3, 0.4) is 0 Å². The summed E-state index contributed by atoms with van der Waals surface area (Å²) in [5.74, 6) is -0.305. The molecule has 0 aliphatic heterocycles. The van der Waals surface area contributed by atoms with E-state index in [2.05, 4.69) is 5.32 Å². The zero-order valence-corrected chi connectivity index (χ0v) is 13.2. The van der Waals surface area contributed by atoms with Gasteiger partial charge in [-0.1, -0.05) is 18.2 Å². The molecule has 0 heterocycles. The minimum absolute atomic E-state index is 0.0312. The van der Waals surface area contributed by atoms with E-state index < -0.39 is 11.9 Å². The zero-order valence-electron chi connectivity index (χ0n) is 13.2. The molecule has 2 aromatic rings. The quantitative estimate of drug-likeness (QED) is 0.861. The van der Waals surface area contributed by atoms with Crippen LogP contribution in [0.15, 0.2) is 42.5 Å². The van der Waals surface area contributed by atoms with Crippen molar-refractivity contribution in [2.24, 2.45) is 0 Å². The molecule has 0 bridgehead atoms. The average molecular weight is 317 g/mol. The molecule has 2 rings (SSSR count). The van der Waals surface area contributed by atoms with Crippen LogP contribution in [0, 0.1) is 19.7 Å². The van der Waals surface area contributed by atoms with Crippen LogP contribution in [0.5, 0.6) is 5.75 Å². The van der Waals surface area contributed by atoms with Gasteiger partial charge in [0.25, 0.3) is 5.91 Å². The number of aryl methyl sites for hydroxylation is 1. The van der Waals surface area contributed by atoms with Crippen LogP contribution in [0.25, 0.3) is 0 Å². The monoisotopic (exact) mass is 317 g/mol. The molecule has 0 fully saturated rings. The smallest absolute Gasteiger partial charge is 0.251 e. The van der Waals surface area contributed by atoms with Gasteiger partial charge in [0.1, 0.15) is 24.3 Å². The van der Waals surface area contributed by atoms with E-state index in [4.69, 9.17) is 4.74 Å². The van der Waals surface area contributed by atoms with Crippen molar-refractivity contribution in [3.05, 3.63) is 65.0 Å². The molecule has 0 aliphatic carbocycles. The number of aliphatic hydroxyl groups is 1. The second-order valence-corrected chi connectivity index (χ2v) is 5.38. The van der Waals surface area contributed by atoms with Crippen molar-refractivity contribution < 1.29 is 19.0 Å². The van der Waals surface area contributed by atoms with E-state index >= 15 is 0 Å². The van der Waals surface area contributed by atoms with Crippen molar-refractivity contribution in [1.29, 1.82) is 0 Å². The Morgan fingerprint density at radius 1 is 1.26 bits per heavy atom. The van der Waals surface area contributed by atoms with Crippen LogP contribution in [-0.2, 0) is 0 Å². The topological polar surface area (TPSA) is 58.6 Å². The van der Waals surface area contributed by atoms with Crippen LogP contribution >= 0.6 is 0 Å². The molecule has 1 unspecified atom stereocenters. The molecule has 2 aromatic carbocycles. The summed E-state index contributed by atoms with van der Waals surface area (Å²) >= 11 is 0. The van der Waals surface area contributed by atoms with E-state index in [0.29, 0.717) is 11.3 Å². The SMILES string of the molecule is Cc1cccc(C(=O)NCC(O)COc2cccc(F)c2)c1C. The molecule has 0 saturated carbocycles. The van der Waals surface area contributed by atoms with Gasteiger partial charge in [0.2, 0.25) is 0 Å². The van der Waals surface area contributed by atoms with Crippen molar-refractivity contribution in [1.82, 2.24) is 5.32 Å². The Labute approximate surface area is 134 Å². The first-order chi connectivity index (χ1) is 11.0. The van der Waals surface area contributed by atoms with Crippen LogP contribution in [0.1, 0.15) is 21.5 Å². The van der Waals surface area contributed by atoms with Gasteiger partial charge in [-0.05, 0) is 43.2 Å². The Bertz CT molecular complexity index is 688. The van der Waals surface area contributed by atoms with E-state index in [1.54, 1.807) is 12.1 Å². The number of aliphatic hydroxyl groups excluding tert-OH is 1. The first-order valence-electron chi connectivity index (χ1n) is 7.38. The predicted octanol–water partition coefficient (Wildman–Crippen LogP) is 2.61. The molecule has 0 radical (unpaired) electrons. The van der Waals surface area contributed by atoms with Gasteiger partial charge in [0.15, 0.2) is 0 Å². The van der Waals surface area contributed by atoms with Crippen LogP contribution in [-0.4, -0.2) is 30.3 Å². The van der Waals surface area contributed by atoms with Crippen molar-refractivity contribution in [3.63, 3.8) is 0 Å². The standard InChI is InChI=1S/C18H20FNO3/c1-12-5-3-8-17(13(12)2)18(22)20-10-15(21)11-23-16-7-4-6-14(19)9-16/h3-9,15,21H,10-11H2,1-2H3,(H,20,22). The Morgan fingerprint density at radius 2 is 2.00 bits per heavy atom. The van der Waals surface area contributed by atoms with Gasteiger partial charge in [-0.3, -0.25) is 4.79 Å². The lowest BCUT2D eigenvalue weighted by Crippen LogP contribution is -2.35. The number of carbonyl (C=O) groups is 1. The third kappa shape index (κ3) is 4.79. The molecule has 5 heteroatoms. The summed E-state index contributed by atoms with van der Waals surface area (Å²) in [5.41, 5.74) is 2.53. The Balaban J connectivity index is 1.83. The van der Waals surface area contributed by atoms with E-state index in [0.717, 1.165) is 11.1 Å². The van der Waals surface area contributed by atoms with Crippen molar-refractivity contribution in [2.75, 3.05) is 13.2 Å². The number of carbonyl (C=O) groups excluding carboxylic acids is 1. The van der Waals surface area contributed by atoms with E-state index in [1.165, 1.54) is 18.2 Å². The molecule has 2 N–H and O–H groups in total. The maximum atomic E-state index is 13.0. The number of amides is 1. The van der Waals surface area contributed by atoms with Gasteiger partial charge >= 0.3 is 0 Å². The van der Waals surface area contributed by atoms with Gasteiger partial charge < -0.3 is 15.2 Å². The lowest BCUT2D eigenvalue weighted by Gasteiger charge is -2.14. The van der Waals surface area contributed by atoms with Gasteiger partial charge in [-0.2, -0.15) is 0 Å². The fourth-order valence-electron chi connectivity index (χ4n) is 2.11. The minimum atomic E-state index is -0.882. The summed E-state index contributed by atoms with van der Waals surface area (Å²) in [4.78, 5) is 12.1. The van der Waals surface area contributed by atoms with Crippen molar-refractivity contribution >= 4 is 5.91 Å². The number of rotatable bonds is 6. The fraction of sp³-hybridized carbons (Fsp3) is 0.278. The highest BCUT2D eigenvalue weighted by molar-refractivity contribution is 5.95. The lowest BCUT2D eigenvalue weighted by molar-refractivity contribution is 0.0843. The summed E-state index contributed by atoms with van der Waals surface area (Å²) in [6, 6.07) is 11.2. The molecule has 122 valence electrons. The highest BCUT2D eigenvalue weighted by Crippen LogP contribution is 2.13. The van der Waals surface area contributed by atoms with E-state index in [-0.39, 0.29) is 19.1 Å². The number of hydrogen-bond acceptors (Lipinski definition) is 3. The Hall–Kier alpha value is -2.40. The zero-order chi connectivity index (χ0) is 16.8. The van der Waals surface area contributed by atoms with Gasteiger partial charge in [-0.25, -0.2) is 4.39 Å². The second kappa shape index (κ2) is 7.74. The number of ether oxygens (including phenoxy) is 1. The first kappa shape index (κ1) is 17.0. The van der Waals surface area contributed by atoms with Gasteiger partial charge in [0.05, 0.1) is 0 Å². The van der Waals surface area contributed by atoms with Crippen LogP contribution in [0.4, 0.5) is 4.39 Å². The predicted molar refractivity (Wildman–Crippen MR) is 86.2 cm³/mol. The number of halogens is 1. The molecule has 0 aromatic heterocycles. The number of benzene rings is 2. The normalized spacial score (nSPS) is 11.8. The summed E-state index contributed by atoms with van der Waals surface area (Å²) in [6.45, 7) is 3.85. The highest BCUT2D eigenvalue weighted by atomic mass is 19.1. The molecular weight excluding hydrogens is 297 g/mol. The van der Waals surface area contributed by atoms with E-state index in [1.807, 2.05) is 26.0 Å². The molecule has 4 nitrogen and oxygen atoms in total. The summed E-state index contributed by atoms with van der Waals surface area (Å²) in [7, 11) is 0. The molecule has 1 amide bonds. The Morgan fingerprint density at radius 3 is 2.74 bits per heavy atom. The highest BCUT2D eigenvalue weighted by Gasteiger charge is 2.12. The molecule has 0 aliphatic rings. The molecule has 23 heavy (non-hydrogen) atoms.